The van der Waals surface area contributed by atoms with Gasteiger partial charge in [0.15, 0.2) is 0 Å². The topological polar surface area (TPSA) is 22.4 Å². The molecule has 2 aromatic rings. The van der Waals surface area contributed by atoms with Crippen LogP contribution in [0.2, 0.25) is 0 Å². The molecule has 2 nitrogen and oxygen atoms in total. The number of hydrogen-bond acceptors (Lipinski definition) is 2. The smallest absolute Gasteiger partial charge is 0.138 e. The maximum Gasteiger partial charge on any atom is 0.138 e. The van der Waals surface area contributed by atoms with E-state index in [2.05, 4.69) is 24.3 Å². The SMILES string of the molecule is COc1ccc(-c2oc(C)c3c2CCC=C3)cc1. The summed E-state index contributed by atoms with van der Waals surface area (Å²) in [6.45, 7) is 2.03. The van der Waals surface area contributed by atoms with Crippen LogP contribution >= 0.6 is 0 Å². The van der Waals surface area contributed by atoms with E-state index in [1.54, 1.807) is 7.11 Å². The second kappa shape index (κ2) is 4.37. The molecule has 0 N–H and O–H groups in total. The minimum Gasteiger partial charge on any atom is -0.497 e. The zero-order valence-electron chi connectivity index (χ0n) is 10.7. The molecule has 0 amide bonds. The largest absolute Gasteiger partial charge is 0.497 e. The van der Waals surface area contributed by atoms with Gasteiger partial charge in [-0.3, -0.25) is 0 Å². The molecule has 0 radical (unpaired) electrons. The summed E-state index contributed by atoms with van der Waals surface area (Å²) in [4.78, 5) is 0. The number of methoxy groups -OCH3 is 1. The van der Waals surface area contributed by atoms with Gasteiger partial charge in [-0.25, -0.2) is 0 Å². The van der Waals surface area contributed by atoms with Gasteiger partial charge in [0.25, 0.3) is 0 Å². The molecule has 0 fully saturated rings. The van der Waals surface area contributed by atoms with E-state index in [1.165, 1.54) is 11.1 Å². The minimum atomic E-state index is 0.871. The first-order valence-corrected chi connectivity index (χ1v) is 6.23. The lowest BCUT2D eigenvalue weighted by molar-refractivity contribution is 0.415. The van der Waals surface area contributed by atoms with Crippen LogP contribution < -0.4 is 4.74 Å². The second-order valence-electron chi connectivity index (χ2n) is 4.55. The Morgan fingerprint density at radius 3 is 2.67 bits per heavy atom. The van der Waals surface area contributed by atoms with Gasteiger partial charge in [-0.15, -0.1) is 0 Å². The fourth-order valence-electron chi connectivity index (χ4n) is 2.48. The van der Waals surface area contributed by atoms with Gasteiger partial charge in [-0.1, -0.05) is 12.2 Å². The van der Waals surface area contributed by atoms with Gasteiger partial charge < -0.3 is 9.15 Å². The highest BCUT2D eigenvalue weighted by molar-refractivity contribution is 5.71. The van der Waals surface area contributed by atoms with Crippen molar-refractivity contribution in [2.75, 3.05) is 7.11 Å². The van der Waals surface area contributed by atoms with Crippen molar-refractivity contribution in [2.24, 2.45) is 0 Å². The maximum atomic E-state index is 5.94. The van der Waals surface area contributed by atoms with Crippen LogP contribution in [0.5, 0.6) is 5.75 Å². The molecule has 1 aromatic heterocycles. The van der Waals surface area contributed by atoms with Crippen LogP contribution in [-0.4, -0.2) is 7.11 Å². The number of ether oxygens (including phenoxy) is 1. The van der Waals surface area contributed by atoms with Crippen molar-refractivity contribution < 1.29 is 9.15 Å². The normalized spacial score (nSPS) is 13.4. The molecule has 92 valence electrons. The van der Waals surface area contributed by atoms with Crippen molar-refractivity contribution in [3.63, 3.8) is 0 Å². The molecule has 0 unspecified atom stereocenters. The molecule has 0 saturated carbocycles. The van der Waals surface area contributed by atoms with Crippen molar-refractivity contribution in [3.05, 3.63) is 47.2 Å². The van der Waals surface area contributed by atoms with Crippen molar-refractivity contribution in [3.8, 4) is 17.1 Å². The maximum absolute atomic E-state index is 5.94. The molecule has 0 spiro atoms. The molecule has 2 heteroatoms. The molecule has 0 saturated heterocycles. The number of aryl methyl sites for hydroxylation is 1. The zero-order valence-corrected chi connectivity index (χ0v) is 10.7. The second-order valence-corrected chi connectivity index (χ2v) is 4.55. The molecular weight excluding hydrogens is 224 g/mol. The Morgan fingerprint density at radius 2 is 1.94 bits per heavy atom. The Bertz CT molecular complexity index is 588. The fourth-order valence-corrected chi connectivity index (χ4v) is 2.48. The Kier molecular flexibility index (Phi) is 2.71. The van der Waals surface area contributed by atoms with Crippen LogP contribution in [0.4, 0.5) is 0 Å². The average Bonchev–Trinajstić information content (AvgIpc) is 2.77. The molecule has 1 aromatic carbocycles. The van der Waals surface area contributed by atoms with Crippen molar-refractivity contribution in [2.45, 2.75) is 19.8 Å². The van der Waals surface area contributed by atoms with Crippen LogP contribution in [0.15, 0.2) is 34.8 Å². The molecular formula is C16H16O2. The van der Waals surface area contributed by atoms with Crippen molar-refractivity contribution in [1.82, 2.24) is 0 Å². The highest BCUT2D eigenvalue weighted by Crippen LogP contribution is 2.35. The van der Waals surface area contributed by atoms with Gasteiger partial charge in [-0.2, -0.15) is 0 Å². The Balaban J connectivity index is 2.08. The van der Waals surface area contributed by atoms with E-state index < -0.39 is 0 Å². The number of hydrogen-bond donors (Lipinski definition) is 0. The van der Waals surface area contributed by atoms with Crippen LogP contribution in [0.25, 0.3) is 17.4 Å². The lowest BCUT2D eigenvalue weighted by atomic mass is 9.96. The van der Waals surface area contributed by atoms with Crippen LogP contribution in [0.3, 0.4) is 0 Å². The number of furan rings is 1. The molecule has 1 aliphatic rings. The fraction of sp³-hybridized carbons (Fsp3) is 0.250. The third-order valence-corrected chi connectivity index (χ3v) is 3.43. The molecule has 1 heterocycles. The Hall–Kier alpha value is -1.96. The van der Waals surface area contributed by atoms with Gasteiger partial charge in [0.2, 0.25) is 0 Å². The highest BCUT2D eigenvalue weighted by Gasteiger charge is 2.18. The molecule has 0 atom stereocenters. The summed E-state index contributed by atoms with van der Waals surface area (Å²) in [5.41, 5.74) is 3.71. The van der Waals surface area contributed by atoms with Crippen LogP contribution in [-0.2, 0) is 6.42 Å². The van der Waals surface area contributed by atoms with E-state index in [4.69, 9.17) is 9.15 Å². The molecule has 18 heavy (non-hydrogen) atoms. The summed E-state index contributed by atoms with van der Waals surface area (Å²) in [7, 11) is 1.68. The van der Waals surface area contributed by atoms with Crippen molar-refractivity contribution in [1.29, 1.82) is 0 Å². The summed E-state index contributed by atoms with van der Waals surface area (Å²) >= 11 is 0. The predicted molar refractivity (Wildman–Crippen MR) is 72.8 cm³/mol. The summed E-state index contributed by atoms with van der Waals surface area (Å²) in [5.74, 6) is 2.89. The summed E-state index contributed by atoms with van der Waals surface area (Å²) in [5, 5.41) is 0. The first kappa shape index (κ1) is 11.1. The third-order valence-electron chi connectivity index (χ3n) is 3.43. The van der Waals surface area contributed by atoms with Gasteiger partial charge in [0.05, 0.1) is 7.11 Å². The molecule has 0 aliphatic heterocycles. The Morgan fingerprint density at radius 1 is 1.17 bits per heavy atom. The third kappa shape index (κ3) is 1.74. The summed E-state index contributed by atoms with van der Waals surface area (Å²) in [6.07, 6.45) is 6.53. The quantitative estimate of drug-likeness (QED) is 0.784. The van der Waals surface area contributed by atoms with E-state index in [0.717, 1.165) is 35.7 Å². The molecule has 3 rings (SSSR count). The first-order valence-electron chi connectivity index (χ1n) is 6.23. The molecule has 0 bridgehead atoms. The van der Waals surface area contributed by atoms with E-state index in [9.17, 15) is 0 Å². The zero-order chi connectivity index (χ0) is 12.5. The van der Waals surface area contributed by atoms with E-state index in [-0.39, 0.29) is 0 Å². The van der Waals surface area contributed by atoms with Gasteiger partial charge >= 0.3 is 0 Å². The van der Waals surface area contributed by atoms with E-state index in [1.807, 2.05) is 19.1 Å². The first-order chi connectivity index (χ1) is 8.79. The van der Waals surface area contributed by atoms with Gasteiger partial charge in [-0.05, 0) is 44.0 Å². The van der Waals surface area contributed by atoms with Crippen LogP contribution in [0.1, 0.15) is 23.3 Å². The lowest BCUT2D eigenvalue weighted by Gasteiger charge is -2.07. The number of fused-ring (bicyclic) bond motifs is 1. The van der Waals surface area contributed by atoms with E-state index >= 15 is 0 Å². The Labute approximate surface area is 107 Å². The van der Waals surface area contributed by atoms with Crippen LogP contribution in [0, 0.1) is 6.92 Å². The minimum absolute atomic E-state index is 0.871. The lowest BCUT2D eigenvalue weighted by Crippen LogP contribution is -1.92. The number of benzene rings is 1. The van der Waals surface area contributed by atoms with Gasteiger partial charge in [0, 0.05) is 16.7 Å². The standard InChI is InChI=1S/C16H16O2/c1-11-14-5-3-4-6-15(14)16(18-11)12-7-9-13(17-2)10-8-12/h3,5,7-10H,4,6H2,1-2H3. The monoisotopic (exact) mass is 240 g/mol. The molecule has 1 aliphatic carbocycles. The summed E-state index contributed by atoms with van der Waals surface area (Å²) < 4.78 is 11.1. The summed E-state index contributed by atoms with van der Waals surface area (Å²) in [6, 6.07) is 8.04. The van der Waals surface area contributed by atoms with Gasteiger partial charge in [0.1, 0.15) is 17.3 Å². The predicted octanol–water partition coefficient (Wildman–Crippen LogP) is 4.22. The van der Waals surface area contributed by atoms with Crippen molar-refractivity contribution >= 4 is 6.08 Å². The highest BCUT2D eigenvalue weighted by atomic mass is 16.5. The number of allylic oxidation sites excluding steroid dienone is 1. The van der Waals surface area contributed by atoms with E-state index in [0.29, 0.717) is 0 Å². The average molecular weight is 240 g/mol. The number of rotatable bonds is 2.